The molecule has 2 aromatic rings. The molecule has 1 N–H and O–H groups in total. The summed E-state index contributed by atoms with van der Waals surface area (Å²) < 4.78 is 5.16. The standard InChI is InChI=1S/C14H14ClN3O3S/c1-7-11(22-9(3)17-7)14(20)21-8(2)13(19)18-10-5-4-6-16-12(10)15/h4-6,8H,1-3H3,(H,18,19)/t8-/m0/s1. The number of ether oxygens (including phenoxy) is 1. The van der Waals surface area contributed by atoms with E-state index < -0.39 is 18.0 Å². The van der Waals surface area contributed by atoms with Gasteiger partial charge in [-0.3, -0.25) is 4.79 Å². The minimum Gasteiger partial charge on any atom is -0.448 e. The number of carbonyl (C=O) groups excluding carboxylic acids is 2. The van der Waals surface area contributed by atoms with E-state index in [1.807, 2.05) is 0 Å². The number of aryl methyl sites for hydroxylation is 2. The molecule has 0 saturated heterocycles. The number of hydrogen-bond donors (Lipinski definition) is 1. The van der Waals surface area contributed by atoms with Crippen LogP contribution in [-0.4, -0.2) is 27.9 Å². The molecule has 1 atom stereocenters. The van der Waals surface area contributed by atoms with Gasteiger partial charge in [0.2, 0.25) is 0 Å². The van der Waals surface area contributed by atoms with Crippen molar-refractivity contribution in [3.8, 4) is 0 Å². The van der Waals surface area contributed by atoms with E-state index in [0.717, 1.165) is 5.01 Å². The van der Waals surface area contributed by atoms with Crippen molar-refractivity contribution in [2.24, 2.45) is 0 Å². The average Bonchev–Trinajstić information content (AvgIpc) is 2.80. The molecule has 0 unspecified atom stereocenters. The predicted octanol–water partition coefficient (Wildman–Crippen LogP) is 2.99. The molecule has 0 fully saturated rings. The number of pyridine rings is 1. The smallest absolute Gasteiger partial charge is 0.351 e. The first-order chi connectivity index (χ1) is 10.4. The van der Waals surface area contributed by atoms with Crippen LogP contribution in [0.15, 0.2) is 18.3 Å². The van der Waals surface area contributed by atoms with Crippen LogP contribution in [0.25, 0.3) is 0 Å². The summed E-state index contributed by atoms with van der Waals surface area (Å²) in [5, 5.41) is 3.50. The van der Waals surface area contributed by atoms with E-state index in [9.17, 15) is 9.59 Å². The highest BCUT2D eigenvalue weighted by atomic mass is 35.5. The molecule has 22 heavy (non-hydrogen) atoms. The number of rotatable bonds is 4. The zero-order chi connectivity index (χ0) is 16.3. The van der Waals surface area contributed by atoms with E-state index in [0.29, 0.717) is 16.3 Å². The largest absolute Gasteiger partial charge is 0.448 e. The summed E-state index contributed by atoms with van der Waals surface area (Å²) in [6, 6.07) is 3.25. The number of nitrogens with zero attached hydrogens (tertiary/aromatic N) is 2. The highest BCUT2D eigenvalue weighted by molar-refractivity contribution is 7.13. The van der Waals surface area contributed by atoms with Crippen LogP contribution in [0.3, 0.4) is 0 Å². The van der Waals surface area contributed by atoms with E-state index in [4.69, 9.17) is 16.3 Å². The van der Waals surface area contributed by atoms with E-state index in [-0.39, 0.29) is 5.15 Å². The third kappa shape index (κ3) is 3.80. The lowest BCUT2D eigenvalue weighted by Crippen LogP contribution is -2.30. The number of esters is 1. The molecule has 0 aliphatic heterocycles. The highest BCUT2D eigenvalue weighted by Crippen LogP contribution is 2.20. The Hall–Kier alpha value is -1.99. The Kier molecular flexibility index (Phi) is 5.10. The van der Waals surface area contributed by atoms with Gasteiger partial charge in [0.05, 0.1) is 16.4 Å². The third-order valence-electron chi connectivity index (χ3n) is 2.76. The molecule has 2 aromatic heterocycles. The molecule has 0 aliphatic rings. The molecule has 1 amide bonds. The fourth-order valence-electron chi connectivity index (χ4n) is 1.70. The Bertz CT molecular complexity index is 717. The number of nitrogens with one attached hydrogen (secondary N) is 1. The quantitative estimate of drug-likeness (QED) is 0.684. The number of carbonyl (C=O) groups is 2. The van der Waals surface area contributed by atoms with Crippen molar-refractivity contribution in [3.63, 3.8) is 0 Å². The Morgan fingerprint density at radius 2 is 2.14 bits per heavy atom. The Morgan fingerprint density at radius 3 is 2.73 bits per heavy atom. The molecule has 6 nitrogen and oxygen atoms in total. The van der Waals surface area contributed by atoms with Gasteiger partial charge in [-0.1, -0.05) is 11.6 Å². The van der Waals surface area contributed by atoms with Gasteiger partial charge >= 0.3 is 5.97 Å². The number of aromatic nitrogens is 2. The monoisotopic (exact) mass is 339 g/mol. The normalized spacial score (nSPS) is 11.8. The maximum absolute atomic E-state index is 12.0. The molecule has 116 valence electrons. The van der Waals surface area contributed by atoms with Crippen molar-refractivity contribution < 1.29 is 14.3 Å². The molecule has 0 bridgehead atoms. The van der Waals surface area contributed by atoms with Crippen LogP contribution < -0.4 is 5.32 Å². The Balaban J connectivity index is 2.01. The first-order valence-corrected chi connectivity index (χ1v) is 7.64. The molecule has 0 radical (unpaired) electrons. The van der Waals surface area contributed by atoms with Crippen LogP contribution in [0.5, 0.6) is 0 Å². The fourth-order valence-corrected chi connectivity index (χ4v) is 2.67. The number of anilines is 1. The van der Waals surface area contributed by atoms with Gasteiger partial charge in [0.25, 0.3) is 5.91 Å². The van der Waals surface area contributed by atoms with Crippen LogP contribution in [0.2, 0.25) is 5.15 Å². The van der Waals surface area contributed by atoms with E-state index in [1.165, 1.54) is 24.5 Å². The zero-order valence-electron chi connectivity index (χ0n) is 12.2. The molecule has 0 aromatic carbocycles. The lowest BCUT2D eigenvalue weighted by Gasteiger charge is -2.13. The van der Waals surface area contributed by atoms with Crippen molar-refractivity contribution in [2.45, 2.75) is 26.9 Å². The fraction of sp³-hybridized carbons (Fsp3) is 0.286. The maximum atomic E-state index is 12.0. The van der Waals surface area contributed by atoms with E-state index in [1.54, 1.807) is 26.0 Å². The maximum Gasteiger partial charge on any atom is 0.351 e. The number of thiazole rings is 1. The second kappa shape index (κ2) is 6.85. The van der Waals surface area contributed by atoms with Crippen LogP contribution in [0.1, 0.15) is 27.3 Å². The number of hydrogen-bond acceptors (Lipinski definition) is 6. The SMILES string of the molecule is Cc1nc(C)c(C(=O)O[C@@H](C)C(=O)Nc2cccnc2Cl)s1. The number of amides is 1. The Morgan fingerprint density at radius 1 is 1.41 bits per heavy atom. The second-order valence-electron chi connectivity index (χ2n) is 4.53. The lowest BCUT2D eigenvalue weighted by molar-refractivity contribution is -0.123. The van der Waals surface area contributed by atoms with Crippen LogP contribution in [0, 0.1) is 13.8 Å². The third-order valence-corrected chi connectivity index (χ3v) is 4.11. The van der Waals surface area contributed by atoms with Crippen molar-refractivity contribution in [2.75, 3.05) is 5.32 Å². The van der Waals surface area contributed by atoms with Gasteiger partial charge in [0.1, 0.15) is 4.88 Å². The molecule has 0 aliphatic carbocycles. The van der Waals surface area contributed by atoms with Crippen LogP contribution in [0.4, 0.5) is 5.69 Å². The summed E-state index contributed by atoms with van der Waals surface area (Å²) in [5.74, 6) is -1.05. The minimum atomic E-state index is -0.967. The van der Waals surface area contributed by atoms with Crippen LogP contribution >= 0.6 is 22.9 Å². The second-order valence-corrected chi connectivity index (χ2v) is 6.09. The summed E-state index contributed by atoms with van der Waals surface area (Å²) >= 11 is 7.09. The van der Waals surface area contributed by atoms with Crippen LogP contribution in [-0.2, 0) is 9.53 Å². The van der Waals surface area contributed by atoms with E-state index >= 15 is 0 Å². The zero-order valence-corrected chi connectivity index (χ0v) is 13.8. The van der Waals surface area contributed by atoms with Gasteiger partial charge in [-0.25, -0.2) is 14.8 Å². The van der Waals surface area contributed by atoms with Crippen molar-refractivity contribution in [1.82, 2.24) is 9.97 Å². The minimum absolute atomic E-state index is 0.170. The molecule has 0 spiro atoms. The summed E-state index contributed by atoms with van der Waals surface area (Å²) in [5.41, 5.74) is 0.956. The van der Waals surface area contributed by atoms with Gasteiger partial charge < -0.3 is 10.1 Å². The first kappa shape index (κ1) is 16.4. The molecule has 2 heterocycles. The summed E-state index contributed by atoms with van der Waals surface area (Å²) in [7, 11) is 0. The number of halogens is 1. The van der Waals surface area contributed by atoms with Crippen molar-refractivity contribution in [1.29, 1.82) is 0 Å². The van der Waals surface area contributed by atoms with Gasteiger partial charge in [0.15, 0.2) is 11.3 Å². The summed E-state index contributed by atoms with van der Waals surface area (Å²) in [4.78, 5) is 32.5. The summed E-state index contributed by atoms with van der Waals surface area (Å²) in [6.45, 7) is 5.01. The van der Waals surface area contributed by atoms with Gasteiger partial charge in [0, 0.05) is 6.20 Å². The lowest BCUT2D eigenvalue weighted by atomic mass is 10.3. The van der Waals surface area contributed by atoms with Gasteiger partial charge in [-0.2, -0.15) is 0 Å². The van der Waals surface area contributed by atoms with Crippen molar-refractivity contribution >= 4 is 40.5 Å². The molecular formula is C14H14ClN3O3S. The first-order valence-electron chi connectivity index (χ1n) is 6.45. The molecular weight excluding hydrogens is 326 g/mol. The Labute approximate surface area is 136 Å². The molecule has 8 heteroatoms. The molecule has 2 rings (SSSR count). The predicted molar refractivity (Wildman–Crippen MR) is 84.3 cm³/mol. The van der Waals surface area contributed by atoms with E-state index in [2.05, 4.69) is 15.3 Å². The van der Waals surface area contributed by atoms with Gasteiger partial charge in [-0.15, -0.1) is 11.3 Å². The highest BCUT2D eigenvalue weighted by Gasteiger charge is 2.22. The van der Waals surface area contributed by atoms with Crippen molar-refractivity contribution in [3.05, 3.63) is 39.1 Å². The molecule has 0 saturated carbocycles. The topological polar surface area (TPSA) is 81.2 Å². The average molecular weight is 340 g/mol. The van der Waals surface area contributed by atoms with Gasteiger partial charge in [-0.05, 0) is 32.9 Å². The summed E-state index contributed by atoms with van der Waals surface area (Å²) in [6.07, 6.45) is 0.543.